The molecular formula is C19H17N5O2S2. The smallest absolute Gasteiger partial charge is 0.236 e. The molecule has 1 aromatic carbocycles. The molecule has 0 aliphatic carbocycles. The predicted octanol–water partition coefficient (Wildman–Crippen LogP) is 4.33. The van der Waals surface area contributed by atoms with Gasteiger partial charge in [0.25, 0.3) is 0 Å². The first kappa shape index (κ1) is 18.5. The summed E-state index contributed by atoms with van der Waals surface area (Å²) in [6.07, 6.45) is 3.29. The summed E-state index contributed by atoms with van der Waals surface area (Å²) in [4.78, 5) is 16.3. The minimum absolute atomic E-state index is 0.139. The first-order valence-electron chi connectivity index (χ1n) is 8.51. The molecule has 9 heteroatoms. The van der Waals surface area contributed by atoms with Gasteiger partial charge in [0.05, 0.1) is 17.6 Å². The summed E-state index contributed by atoms with van der Waals surface area (Å²) in [5, 5.41) is 14.5. The van der Waals surface area contributed by atoms with Crippen LogP contribution < -0.4 is 5.32 Å². The number of hydrogen-bond acceptors (Lipinski definition) is 7. The number of aryl methyl sites for hydroxylation is 2. The molecule has 0 radical (unpaired) electrons. The van der Waals surface area contributed by atoms with Crippen LogP contribution in [0.2, 0.25) is 0 Å². The lowest BCUT2D eigenvalue weighted by Gasteiger charge is -2.10. The summed E-state index contributed by atoms with van der Waals surface area (Å²) < 4.78 is 7.39. The van der Waals surface area contributed by atoms with E-state index in [0.717, 1.165) is 22.6 Å². The van der Waals surface area contributed by atoms with E-state index in [2.05, 4.69) is 26.6 Å². The van der Waals surface area contributed by atoms with Crippen molar-refractivity contribution in [3.05, 3.63) is 59.5 Å². The Kier molecular flexibility index (Phi) is 5.27. The first-order valence-corrected chi connectivity index (χ1v) is 10.4. The molecule has 4 rings (SSSR count). The molecule has 0 aliphatic rings. The molecule has 3 aromatic heterocycles. The molecular weight excluding hydrogens is 394 g/mol. The van der Waals surface area contributed by atoms with Crippen LogP contribution in [0.15, 0.2) is 57.7 Å². The number of carbonyl (C=O) groups is 1. The average Bonchev–Trinajstić information content (AvgIpc) is 3.40. The van der Waals surface area contributed by atoms with Crippen molar-refractivity contribution in [1.82, 2.24) is 19.7 Å². The minimum atomic E-state index is -0.139. The fraction of sp³-hybridized carbons (Fsp3) is 0.158. The standard InChI is InChI=1S/C19H17N5O2S2/c1-12-4-3-5-14(10-12)24-17(15-6-8-26-13(15)2)22-23-19(24)28-11-16(25)21-18-20-7-9-27-18/h3-10H,11H2,1-2H3,(H,20,21,25). The number of nitrogens with one attached hydrogen (secondary N) is 1. The van der Waals surface area contributed by atoms with Crippen molar-refractivity contribution >= 4 is 34.1 Å². The number of rotatable bonds is 6. The van der Waals surface area contributed by atoms with Crippen LogP contribution in [0, 0.1) is 13.8 Å². The Labute approximate surface area is 169 Å². The lowest BCUT2D eigenvalue weighted by molar-refractivity contribution is -0.113. The fourth-order valence-corrected chi connectivity index (χ4v) is 4.02. The number of hydrogen-bond donors (Lipinski definition) is 1. The van der Waals surface area contributed by atoms with E-state index in [1.165, 1.54) is 23.1 Å². The number of nitrogens with zero attached hydrogens (tertiary/aromatic N) is 4. The number of thiazole rings is 1. The van der Waals surface area contributed by atoms with Crippen LogP contribution in [0.5, 0.6) is 0 Å². The molecule has 0 fully saturated rings. The van der Waals surface area contributed by atoms with E-state index in [1.807, 2.05) is 48.1 Å². The van der Waals surface area contributed by atoms with Gasteiger partial charge in [-0.25, -0.2) is 4.98 Å². The second-order valence-electron chi connectivity index (χ2n) is 6.05. The molecule has 0 atom stereocenters. The number of benzene rings is 1. The lowest BCUT2D eigenvalue weighted by atomic mass is 10.2. The van der Waals surface area contributed by atoms with E-state index in [1.54, 1.807) is 12.5 Å². The quantitative estimate of drug-likeness (QED) is 0.475. The van der Waals surface area contributed by atoms with Crippen LogP contribution in [0.1, 0.15) is 11.3 Å². The van der Waals surface area contributed by atoms with Gasteiger partial charge < -0.3 is 9.73 Å². The maximum Gasteiger partial charge on any atom is 0.236 e. The highest BCUT2D eigenvalue weighted by molar-refractivity contribution is 7.99. The Balaban J connectivity index is 1.64. The summed E-state index contributed by atoms with van der Waals surface area (Å²) >= 11 is 2.71. The monoisotopic (exact) mass is 411 g/mol. The third-order valence-electron chi connectivity index (χ3n) is 4.00. The van der Waals surface area contributed by atoms with Crippen molar-refractivity contribution in [1.29, 1.82) is 0 Å². The van der Waals surface area contributed by atoms with Gasteiger partial charge in [0, 0.05) is 17.3 Å². The topological polar surface area (TPSA) is 85.8 Å². The second kappa shape index (κ2) is 7.99. The van der Waals surface area contributed by atoms with Crippen LogP contribution in [0.25, 0.3) is 17.1 Å². The lowest BCUT2D eigenvalue weighted by Crippen LogP contribution is -2.14. The van der Waals surface area contributed by atoms with Crippen LogP contribution in [-0.4, -0.2) is 31.4 Å². The zero-order valence-electron chi connectivity index (χ0n) is 15.2. The second-order valence-corrected chi connectivity index (χ2v) is 7.88. The number of amides is 1. The molecule has 28 heavy (non-hydrogen) atoms. The van der Waals surface area contributed by atoms with Crippen LogP contribution in [0.3, 0.4) is 0 Å². The highest BCUT2D eigenvalue weighted by Crippen LogP contribution is 2.30. The van der Waals surface area contributed by atoms with E-state index >= 15 is 0 Å². The Morgan fingerprint density at radius 3 is 2.89 bits per heavy atom. The Morgan fingerprint density at radius 1 is 1.29 bits per heavy atom. The Bertz CT molecular complexity index is 1100. The van der Waals surface area contributed by atoms with Gasteiger partial charge in [0.1, 0.15) is 5.76 Å². The van der Waals surface area contributed by atoms with Crippen molar-refractivity contribution in [3.8, 4) is 17.1 Å². The van der Waals surface area contributed by atoms with Crippen molar-refractivity contribution < 1.29 is 9.21 Å². The van der Waals surface area contributed by atoms with Crippen molar-refractivity contribution in [2.75, 3.05) is 11.1 Å². The normalized spacial score (nSPS) is 10.9. The molecule has 1 amide bonds. The maximum absolute atomic E-state index is 12.2. The van der Waals surface area contributed by atoms with Crippen molar-refractivity contribution in [2.24, 2.45) is 0 Å². The van der Waals surface area contributed by atoms with Gasteiger partial charge in [-0.05, 0) is 37.6 Å². The maximum atomic E-state index is 12.2. The number of carbonyl (C=O) groups excluding carboxylic acids is 1. The van der Waals surface area contributed by atoms with Gasteiger partial charge in [0.2, 0.25) is 5.91 Å². The minimum Gasteiger partial charge on any atom is -0.469 e. The van der Waals surface area contributed by atoms with Gasteiger partial charge in [-0.2, -0.15) is 0 Å². The summed E-state index contributed by atoms with van der Waals surface area (Å²) in [5.74, 6) is 1.51. The van der Waals surface area contributed by atoms with E-state index in [0.29, 0.717) is 16.1 Å². The molecule has 0 bridgehead atoms. The Hall–Kier alpha value is -2.91. The molecule has 0 saturated heterocycles. The number of thioether (sulfide) groups is 1. The van der Waals surface area contributed by atoms with E-state index in [-0.39, 0.29) is 11.7 Å². The zero-order chi connectivity index (χ0) is 19.5. The molecule has 0 aliphatic heterocycles. The third kappa shape index (κ3) is 3.85. The summed E-state index contributed by atoms with van der Waals surface area (Å²) in [5.41, 5.74) is 2.93. The van der Waals surface area contributed by atoms with Crippen LogP contribution in [0.4, 0.5) is 5.13 Å². The first-order chi connectivity index (χ1) is 13.6. The number of furan rings is 1. The molecule has 142 valence electrons. The molecule has 1 N–H and O–H groups in total. The molecule has 0 saturated carbocycles. The largest absolute Gasteiger partial charge is 0.469 e. The summed E-state index contributed by atoms with van der Waals surface area (Å²) in [6.45, 7) is 3.92. The number of aromatic nitrogens is 4. The average molecular weight is 412 g/mol. The highest BCUT2D eigenvalue weighted by Gasteiger charge is 2.20. The highest BCUT2D eigenvalue weighted by atomic mass is 32.2. The van der Waals surface area contributed by atoms with Gasteiger partial charge in [-0.15, -0.1) is 21.5 Å². The molecule has 3 heterocycles. The van der Waals surface area contributed by atoms with Crippen LogP contribution >= 0.6 is 23.1 Å². The van der Waals surface area contributed by atoms with Gasteiger partial charge >= 0.3 is 0 Å². The van der Waals surface area contributed by atoms with E-state index < -0.39 is 0 Å². The predicted molar refractivity (Wildman–Crippen MR) is 110 cm³/mol. The van der Waals surface area contributed by atoms with Crippen molar-refractivity contribution in [2.45, 2.75) is 19.0 Å². The van der Waals surface area contributed by atoms with E-state index in [9.17, 15) is 4.79 Å². The third-order valence-corrected chi connectivity index (χ3v) is 5.62. The van der Waals surface area contributed by atoms with Gasteiger partial charge in [0.15, 0.2) is 16.1 Å². The molecule has 0 unspecified atom stereocenters. The van der Waals surface area contributed by atoms with E-state index in [4.69, 9.17) is 4.42 Å². The van der Waals surface area contributed by atoms with Gasteiger partial charge in [-0.3, -0.25) is 9.36 Å². The Morgan fingerprint density at radius 2 is 2.18 bits per heavy atom. The SMILES string of the molecule is Cc1cccc(-n2c(SCC(=O)Nc3nccs3)nnc2-c2ccoc2C)c1. The number of anilines is 1. The fourth-order valence-electron chi connectivity index (χ4n) is 2.73. The summed E-state index contributed by atoms with van der Waals surface area (Å²) in [7, 11) is 0. The zero-order valence-corrected chi connectivity index (χ0v) is 16.9. The van der Waals surface area contributed by atoms with Crippen LogP contribution in [-0.2, 0) is 4.79 Å². The summed E-state index contributed by atoms with van der Waals surface area (Å²) in [6, 6.07) is 9.94. The molecule has 0 spiro atoms. The molecule has 4 aromatic rings. The molecule has 7 nitrogen and oxygen atoms in total. The van der Waals surface area contributed by atoms with Crippen molar-refractivity contribution in [3.63, 3.8) is 0 Å². The van der Waals surface area contributed by atoms with Gasteiger partial charge in [-0.1, -0.05) is 23.9 Å².